The molecule has 3 aromatic rings. The summed E-state index contributed by atoms with van der Waals surface area (Å²) in [5.41, 5.74) is 1.53. The fraction of sp³-hybridized carbons (Fsp3) is 0.286. The van der Waals surface area contributed by atoms with Crippen molar-refractivity contribution in [3.8, 4) is 11.5 Å². The molecule has 3 N–H and O–H groups in total. The number of nitrogen functional groups attached to an aromatic ring is 1. The highest BCUT2D eigenvalue weighted by Gasteiger charge is 2.15. The van der Waals surface area contributed by atoms with Crippen molar-refractivity contribution >= 4 is 17.7 Å². The van der Waals surface area contributed by atoms with Crippen LogP contribution in [0.5, 0.6) is 11.5 Å². The van der Waals surface area contributed by atoms with Crippen LogP contribution < -0.4 is 20.6 Å². The first kappa shape index (κ1) is 21.0. The van der Waals surface area contributed by atoms with Crippen LogP contribution in [-0.2, 0) is 17.6 Å². The third-order valence-electron chi connectivity index (χ3n) is 4.72. The van der Waals surface area contributed by atoms with Crippen LogP contribution in [0.15, 0.2) is 47.6 Å². The van der Waals surface area contributed by atoms with Crippen LogP contribution in [0.2, 0.25) is 0 Å². The highest BCUT2D eigenvalue weighted by atomic mass is 32.2. The van der Waals surface area contributed by atoms with Crippen molar-refractivity contribution in [2.75, 3.05) is 31.4 Å². The number of hydrogen-bond donors (Lipinski definition) is 2. The van der Waals surface area contributed by atoms with E-state index in [1.54, 1.807) is 18.2 Å². The van der Waals surface area contributed by atoms with Gasteiger partial charge in [0.2, 0.25) is 11.1 Å². The van der Waals surface area contributed by atoms with E-state index in [9.17, 15) is 9.18 Å². The van der Waals surface area contributed by atoms with Gasteiger partial charge in [-0.3, -0.25) is 4.79 Å². The number of amides is 1. The van der Waals surface area contributed by atoms with Gasteiger partial charge in [0.05, 0.1) is 5.75 Å². The van der Waals surface area contributed by atoms with Gasteiger partial charge in [-0.25, -0.2) is 9.07 Å². The van der Waals surface area contributed by atoms with Gasteiger partial charge in [0.25, 0.3) is 0 Å². The summed E-state index contributed by atoms with van der Waals surface area (Å²) in [6.07, 6.45) is 0.894. The fourth-order valence-electron chi connectivity index (χ4n) is 3.11. The molecule has 2 aromatic carbocycles. The van der Waals surface area contributed by atoms with E-state index < -0.39 is 0 Å². The summed E-state index contributed by atoms with van der Waals surface area (Å²) in [5, 5.41) is 11.3. The summed E-state index contributed by atoms with van der Waals surface area (Å²) in [4.78, 5) is 12.2. The molecule has 8 nitrogen and oxygen atoms in total. The maximum Gasteiger partial charge on any atom is 0.230 e. The van der Waals surface area contributed by atoms with Crippen LogP contribution in [0, 0.1) is 5.82 Å². The molecule has 10 heteroatoms. The molecule has 162 valence electrons. The Morgan fingerprint density at radius 1 is 1.16 bits per heavy atom. The number of rotatable bonds is 8. The van der Waals surface area contributed by atoms with Gasteiger partial charge in [-0.15, -0.1) is 10.2 Å². The molecule has 1 aromatic heterocycles. The van der Waals surface area contributed by atoms with Gasteiger partial charge in [-0.1, -0.05) is 36.0 Å². The third-order valence-corrected chi connectivity index (χ3v) is 5.66. The first-order chi connectivity index (χ1) is 15.1. The average Bonchev–Trinajstić information content (AvgIpc) is 3.13. The third kappa shape index (κ3) is 5.26. The quantitative estimate of drug-likeness (QED) is 0.405. The second kappa shape index (κ2) is 9.69. The topological polar surface area (TPSA) is 104 Å². The zero-order valence-electron chi connectivity index (χ0n) is 16.7. The number of thioether (sulfide) groups is 1. The van der Waals surface area contributed by atoms with Gasteiger partial charge >= 0.3 is 0 Å². The van der Waals surface area contributed by atoms with E-state index >= 15 is 0 Å². The Kier molecular flexibility index (Phi) is 6.56. The van der Waals surface area contributed by atoms with Crippen molar-refractivity contribution in [3.05, 3.63) is 65.2 Å². The lowest BCUT2D eigenvalue weighted by molar-refractivity contribution is -0.118. The summed E-state index contributed by atoms with van der Waals surface area (Å²) < 4.78 is 26.2. The van der Waals surface area contributed by atoms with E-state index in [-0.39, 0.29) is 23.9 Å². The van der Waals surface area contributed by atoms with Crippen molar-refractivity contribution in [2.24, 2.45) is 0 Å². The number of benzene rings is 2. The summed E-state index contributed by atoms with van der Waals surface area (Å²) in [5.74, 6) is 7.61. The predicted molar refractivity (Wildman–Crippen MR) is 114 cm³/mol. The number of halogens is 1. The Balaban J connectivity index is 1.24. The number of nitrogens with two attached hydrogens (primary N) is 1. The SMILES string of the molecule is Nn1c(Cc2ccccc2F)nnc1SCC(=O)NCCc1ccc2c(c1)OCCO2. The molecule has 31 heavy (non-hydrogen) atoms. The molecule has 0 atom stereocenters. The minimum atomic E-state index is -0.322. The smallest absolute Gasteiger partial charge is 0.230 e. The van der Waals surface area contributed by atoms with Gasteiger partial charge in [0.1, 0.15) is 19.0 Å². The van der Waals surface area contributed by atoms with Crippen LogP contribution in [0.4, 0.5) is 4.39 Å². The maximum absolute atomic E-state index is 13.8. The van der Waals surface area contributed by atoms with Crippen molar-refractivity contribution in [1.82, 2.24) is 20.2 Å². The van der Waals surface area contributed by atoms with Gasteiger partial charge < -0.3 is 20.6 Å². The lowest BCUT2D eigenvalue weighted by Gasteiger charge is -2.18. The van der Waals surface area contributed by atoms with Crippen LogP contribution in [-0.4, -0.2) is 46.3 Å². The molecule has 0 unspecified atom stereocenters. The molecule has 1 aliphatic rings. The Labute approximate surface area is 182 Å². The van der Waals surface area contributed by atoms with Gasteiger partial charge in [-0.2, -0.15) is 0 Å². The lowest BCUT2D eigenvalue weighted by Crippen LogP contribution is -2.27. The van der Waals surface area contributed by atoms with Crippen molar-refractivity contribution in [1.29, 1.82) is 0 Å². The molecule has 0 bridgehead atoms. The maximum atomic E-state index is 13.8. The van der Waals surface area contributed by atoms with E-state index in [1.165, 1.54) is 22.5 Å². The molecule has 0 radical (unpaired) electrons. The first-order valence-electron chi connectivity index (χ1n) is 9.81. The molecule has 0 aliphatic carbocycles. The number of fused-ring (bicyclic) bond motifs is 1. The Morgan fingerprint density at radius 2 is 1.97 bits per heavy atom. The van der Waals surface area contributed by atoms with Crippen LogP contribution in [0.1, 0.15) is 17.0 Å². The Hall–Kier alpha value is -3.27. The van der Waals surface area contributed by atoms with Crippen LogP contribution in [0.25, 0.3) is 0 Å². The minimum Gasteiger partial charge on any atom is -0.486 e. The monoisotopic (exact) mass is 443 g/mol. The van der Waals surface area contributed by atoms with Crippen molar-refractivity contribution in [2.45, 2.75) is 18.0 Å². The number of aromatic nitrogens is 3. The van der Waals surface area contributed by atoms with Crippen LogP contribution >= 0.6 is 11.8 Å². The number of nitrogens with zero attached hydrogens (tertiary/aromatic N) is 3. The van der Waals surface area contributed by atoms with Gasteiger partial charge in [0, 0.05) is 13.0 Å². The average molecular weight is 444 g/mol. The van der Waals surface area contributed by atoms with E-state index in [0.29, 0.717) is 42.7 Å². The standard InChI is InChI=1S/C21H22FN5O3S/c22-16-4-2-1-3-15(16)12-19-25-26-21(27(19)23)31-13-20(28)24-8-7-14-5-6-17-18(11-14)30-10-9-29-17/h1-6,11H,7-10,12-13,23H2,(H,24,28). The highest BCUT2D eigenvalue weighted by Crippen LogP contribution is 2.30. The molecular formula is C21H22FN5O3S. The van der Waals surface area contributed by atoms with E-state index in [4.69, 9.17) is 15.3 Å². The highest BCUT2D eigenvalue weighted by molar-refractivity contribution is 7.99. The molecule has 4 rings (SSSR count). The number of hydrogen-bond acceptors (Lipinski definition) is 7. The number of nitrogens with one attached hydrogen (secondary N) is 1. The zero-order chi connectivity index (χ0) is 21.6. The van der Waals surface area contributed by atoms with E-state index in [1.807, 2.05) is 18.2 Å². The molecule has 1 amide bonds. The molecular weight excluding hydrogens is 421 g/mol. The molecule has 1 aliphatic heterocycles. The summed E-state index contributed by atoms with van der Waals surface area (Å²) >= 11 is 1.18. The fourth-order valence-corrected chi connectivity index (χ4v) is 3.81. The summed E-state index contributed by atoms with van der Waals surface area (Å²) in [7, 11) is 0. The normalized spacial score (nSPS) is 12.5. The van der Waals surface area contributed by atoms with Gasteiger partial charge in [-0.05, 0) is 35.7 Å². The molecule has 0 saturated carbocycles. The zero-order valence-corrected chi connectivity index (χ0v) is 17.5. The second-order valence-corrected chi connectivity index (χ2v) is 7.85. The Bertz CT molecular complexity index is 1070. The van der Waals surface area contributed by atoms with E-state index in [0.717, 1.165) is 17.1 Å². The van der Waals surface area contributed by atoms with E-state index in [2.05, 4.69) is 15.5 Å². The van der Waals surface area contributed by atoms with Crippen LogP contribution in [0.3, 0.4) is 0 Å². The first-order valence-corrected chi connectivity index (χ1v) is 10.8. The molecule has 0 saturated heterocycles. The molecule has 0 spiro atoms. The Morgan fingerprint density at radius 3 is 2.81 bits per heavy atom. The summed E-state index contributed by atoms with van der Waals surface area (Å²) in [6, 6.07) is 12.2. The van der Waals surface area contributed by atoms with Crippen molar-refractivity contribution < 1.29 is 18.7 Å². The molecule has 0 fully saturated rings. The second-order valence-electron chi connectivity index (χ2n) is 6.90. The molecule has 2 heterocycles. The van der Waals surface area contributed by atoms with Gasteiger partial charge in [0.15, 0.2) is 17.3 Å². The number of ether oxygens (including phenoxy) is 2. The largest absolute Gasteiger partial charge is 0.486 e. The summed E-state index contributed by atoms with van der Waals surface area (Å²) in [6.45, 7) is 1.59. The minimum absolute atomic E-state index is 0.138. The van der Waals surface area contributed by atoms with Crippen molar-refractivity contribution in [3.63, 3.8) is 0 Å². The number of carbonyl (C=O) groups is 1. The number of carbonyl (C=O) groups excluding carboxylic acids is 1. The lowest BCUT2D eigenvalue weighted by atomic mass is 10.1. The predicted octanol–water partition coefficient (Wildman–Crippen LogP) is 1.94.